The summed E-state index contributed by atoms with van der Waals surface area (Å²) in [4.78, 5) is 25.6. The number of carbonyl (C=O) groups excluding carboxylic acids is 2. The van der Waals surface area contributed by atoms with E-state index in [0.29, 0.717) is 30.9 Å². The summed E-state index contributed by atoms with van der Waals surface area (Å²) in [5.41, 5.74) is 6.90. The van der Waals surface area contributed by atoms with E-state index >= 15 is 0 Å². The van der Waals surface area contributed by atoms with Gasteiger partial charge in [-0.05, 0) is 51.2 Å². The van der Waals surface area contributed by atoms with Crippen molar-refractivity contribution in [2.45, 2.75) is 25.0 Å². The maximum Gasteiger partial charge on any atom is 0.253 e. The summed E-state index contributed by atoms with van der Waals surface area (Å²) in [5, 5.41) is 5.61. The highest BCUT2D eigenvalue weighted by atomic mass is 16.5. The second-order valence-corrected chi connectivity index (χ2v) is 5.91. The van der Waals surface area contributed by atoms with Gasteiger partial charge in [-0.1, -0.05) is 0 Å². The largest absolute Gasteiger partial charge is 0.364 e. The molecule has 1 aromatic rings. The van der Waals surface area contributed by atoms with Crippen molar-refractivity contribution in [2.75, 3.05) is 37.8 Å². The molecule has 126 valence electrons. The molecule has 7 heteroatoms. The van der Waals surface area contributed by atoms with Crippen molar-refractivity contribution in [2.24, 2.45) is 5.73 Å². The monoisotopic (exact) mass is 320 g/mol. The number of amides is 2. The van der Waals surface area contributed by atoms with E-state index in [0.717, 1.165) is 6.42 Å². The molecule has 0 saturated carbocycles. The van der Waals surface area contributed by atoms with Crippen LogP contribution in [0.2, 0.25) is 0 Å². The molecule has 2 amide bonds. The molecule has 1 saturated heterocycles. The number of nitrogens with two attached hydrogens (primary N) is 1. The third-order valence-electron chi connectivity index (χ3n) is 3.56. The van der Waals surface area contributed by atoms with E-state index in [2.05, 4.69) is 10.6 Å². The average Bonchev–Trinajstić information content (AvgIpc) is 2.97. The summed E-state index contributed by atoms with van der Waals surface area (Å²) in [6.45, 7) is 0.755. The SMILES string of the molecule is CN(C)CC(=O)Nc1ccc(NC(=O)[C@@H]2CC[C@H](CN)O2)cc1. The van der Waals surface area contributed by atoms with Crippen molar-refractivity contribution in [3.05, 3.63) is 24.3 Å². The first-order chi connectivity index (χ1) is 11.0. The molecular weight excluding hydrogens is 296 g/mol. The first-order valence-corrected chi connectivity index (χ1v) is 7.69. The van der Waals surface area contributed by atoms with Gasteiger partial charge in [0, 0.05) is 17.9 Å². The molecule has 0 radical (unpaired) electrons. The van der Waals surface area contributed by atoms with E-state index in [1.807, 2.05) is 14.1 Å². The van der Waals surface area contributed by atoms with Gasteiger partial charge in [0.2, 0.25) is 5.91 Å². The molecule has 0 bridgehead atoms. The van der Waals surface area contributed by atoms with Crippen LogP contribution in [0.3, 0.4) is 0 Å². The number of carbonyl (C=O) groups is 2. The highest BCUT2D eigenvalue weighted by molar-refractivity contribution is 5.95. The Balaban J connectivity index is 1.85. The zero-order valence-electron chi connectivity index (χ0n) is 13.5. The van der Waals surface area contributed by atoms with Gasteiger partial charge in [-0.15, -0.1) is 0 Å². The Morgan fingerprint density at radius 2 is 1.78 bits per heavy atom. The molecular formula is C16H24N4O3. The van der Waals surface area contributed by atoms with Crippen molar-refractivity contribution in [1.29, 1.82) is 0 Å². The lowest BCUT2D eigenvalue weighted by atomic mass is 10.2. The van der Waals surface area contributed by atoms with Crippen LogP contribution in [0.4, 0.5) is 11.4 Å². The molecule has 1 aliphatic heterocycles. The van der Waals surface area contributed by atoms with Gasteiger partial charge in [-0.25, -0.2) is 0 Å². The Hall–Kier alpha value is -1.96. The fraction of sp³-hybridized carbons (Fsp3) is 0.500. The number of rotatable bonds is 6. The Morgan fingerprint density at radius 1 is 1.17 bits per heavy atom. The number of likely N-dealkylation sites (N-methyl/N-ethyl adjacent to an activating group) is 1. The van der Waals surface area contributed by atoms with Gasteiger partial charge in [0.05, 0.1) is 12.6 Å². The second kappa shape index (κ2) is 8.05. The van der Waals surface area contributed by atoms with Crippen LogP contribution in [-0.2, 0) is 14.3 Å². The smallest absolute Gasteiger partial charge is 0.253 e. The maximum atomic E-state index is 12.1. The van der Waals surface area contributed by atoms with Gasteiger partial charge >= 0.3 is 0 Å². The Labute approximate surface area is 136 Å². The molecule has 0 aliphatic carbocycles. The Morgan fingerprint density at radius 3 is 2.30 bits per heavy atom. The standard InChI is InChI=1S/C16H24N4O3/c1-20(2)10-15(21)18-11-3-5-12(6-4-11)19-16(22)14-8-7-13(9-17)23-14/h3-6,13-14H,7-10,17H2,1-2H3,(H,18,21)(H,19,22)/t13-,14+/m1/s1. The molecule has 1 aromatic carbocycles. The van der Waals surface area contributed by atoms with Gasteiger partial charge in [-0.2, -0.15) is 0 Å². The third-order valence-corrected chi connectivity index (χ3v) is 3.56. The molecule has 4 N–H and O–H groups in total. The number of anilines is 2. The Kier molecular flexibility index (Phi) is 6.09. The molecule has 1 aliphatic rings. The van der Waals surface area contributed by atoms with Crippen LogP contribution in [0.5, 0.6) is 0 Å². The zero-order valence-corrected chi connectivity index (χ0v) is 13.5. The van der Waals surface area contributed by atoms with E-state index in [-0.39, 0.29) is 17.9 Å². The van der Waals surface area contributed by atoms with Crippen molar-refractivity contribution in [1.82, 2.24) is 4.90 Å². The van der Waals surface area contributed by atoms with Crippen LogP contribution >= 0.6 is 0 Å². The molecule has 7 nitrogen and oxygen atoms in total. The van der Waals surface area contributed by atoms with Crippen LogP contribution in [0.25, 0.3) is 0 Å². The van der Waals surface area contributed by atoms with Crippen LogP contribution in [0.1, 0.15) is 12.8 Å². The summed E-state index contributed by atoms with van der Waals surface area (Å²) in [6, 6.07) is 7.00. The first kappa shape index (κ1) is 17.4. The number of ether oxygens (including phenoxy) is 1. The fourth-order valence-electron chi connectivity index (χ4n) is 2.42. The average molecular weight is 320 g/mol. The minimum absolute atomic E-state index is 0.0277. The van der Waals surface area contributed by atoms with E-state index in [4.69, 9.17) is 10.5 Å². The molecule has 0 aromatic heterocycles. The molecule has 1 fully saturated rings. The van der Waals surface area contributed by atoms with Crippen molar-refractivity contribution < 1.29 is 14.3 Å². The molecule has 2 rings (SSSR count). The minimum atomic E-state index is -0.442. The van der Waals surface area contributed by atoms with Crippen LogP contribution < -0.4 is 16.4 Å². The lowest BCUT2D eigenvalue weighted by Crippen LogP contribution is -2.29. The summed E-state index contributed by atoms with van der Waals surface area (Å²) >= 11 is 0. The number of hydrogen-bond acceptors (Lipinski definition) is 5. The van der Waals surface area contributed by atoms with E-state index in [1.54, 1.807) is 29.2 Å². The predicted octanol–water partition coefficient (Wildman–Crippen LogP) is 0.632. The zero-order chi connectivity index (χ0) is 16.8. The third kappa shape index (κ3) is 5.31. The molecule has 0 spiro atoms. The number of nitrogens with one attached hydrogen (secondary N) is 2. The van der Waals surface area contributed by atoms with Gasteiger partial charge in [0.15, 0.2) is 0 Å². The summed E-state index contributed by atoms with van der Waals surface area (Å²) in [7, 11) is 3.66. The van der Waals surface area contributed by atoms with Gasteiger partial charge in [0.1, 0.15) is 6.10 Å². The van der Waals surface area contributed by atoms with Crippen molar-refractivity contribution in [3.63, 3.8) is 0 Å². The topological polar surface area (TPSA) is 96.7 Å². The molecule has 1 heterocycles. The van der Waals surface area contributed by atoms with Crippen molar-refractivity contribution >= 4 is 23.2 Å². The number of benzene rings is 1. The lowest BCUT2D eigenvalue weighted by Gasteiger charge is -2.13. The van der Waals surface area contributed by atoms with E-state index in [9.17, 15) is 9.59 Å². The van der Waals surface area contributed by atoms with Crippen LogP contribution in [0, 0.1) is 0 Å². The second-order valence-electron chi connectivity index (χ2n) is 5.91. The number of hydrogen-bond donors (Lipinski definition) is 3. The molecule has 23 heavy (non-hydrogen) atoms. The summed E-state index contributed by atoms with van der Waals surface area (Å²) in [5.74, 6) is -0.246. The molecule has 0 unspecified atom stereocenters. The number of nitrogens with zero attached hydrogens (tertiary/aromatic N) is 1. The first-order valence-electron chi connectivity index (χ1n) is 7.69. The van der Waals surface area contributed by atoms with Gasteiger partial charge < -0.3 is 26.0 Å². The predicted molar refractivity (Wildman–Crippen MR) is 89.2 cm³/mol. The van der Waals surface area contributed by atoms with Gasteiger partial charge in [0.25, 0.3) is 5.91 Å². The summed E-state index contributed by atoms with van der Waals surface area (Å²) in [6.07, 6.45) is 1.03. The Bertz CT molecular complexity index is 545. The summed E-state index contributed by atoms with van der Waals surface area (Å²) < 4.78 is 5.56. The van der Waals surface area contributed by atoms with Gasteiger partial charge in [-0.3, -0.25) is 9.59 Å². The fourth-order valence-corrected chi connectivity index (χ4v) is 2.42. The van der Waals surface area contributed by atoms with E-state index < -0.39 is 6.10 Å². The quantitative estimate of drug-likeness (QED) is 0.714. The maximum absolute atomic E-state index is 12.1. The van der Waals surface area contributed by atoms with Crippen LogP contribution in [-0.4, -0.2) is 56.1 Å². The lowest BCUT2D eigenvalue weighted by molar-refractivity contribution is -0.126. The van der Waals surface area contributed by atoms with Crippen LogP contribution in [0.15, 0.2) is 24.3 Å². The highest BCUT2D eigenvalue weighted by Gasteiger charge is 2.29. The minimum Gasteiger partial charge on any atom is -0.364 e. The van der Waals surface area contributed by atoms with Crippen molar-refractivity contribution in [3.8, 4) is 0 Å². The van der Waals surface area contributed by atoms with E-state index in [1.165, 1.54) is 0 Å². The molecule has 2 atom stereocenters. The highest BCUT2D eigenvalue weighted by Crippen LogP contribution is 2.21. The normalized spacial score (nSPS) is 20.5.